The number of ether oxygens (including phenoxy) is 1. The molecule has 5 nitrogen and oxygen atoms in total. The van der Waals surface area contributed by atoms with E-state index in [0.29, 0.717) is 19.0 Å². The third-order valence-corrected chi connectivity index (χ3v) is 5.74. The van der Waals surface area contributed by atoms with E-state index in [-0.39, 0.29) is 29.7 Å². The van der Waals surface area contributed by atoms with Crippen molar-refractivity contribution in [2.45, 2.75) is 83.4 Å². The Morgan fingerprint density at radius 3 is 1.96 bits per heavy atom. The summed E-state index contributed by atoms with van der Waals surface area (Å²) in [5.74, 6) is 0.593. The van der Waals surface area contributed by atoms with Crippen LogP contribution in [-0.2, 0) is 14.0 Å². The van der Waals surface area contributed by atoms with E-state index in [1.807, 2.05) is 20.8 Å². The summed E-state index contributed by atoms with van der Waals surface area (Å²) in [7, 11) is -0.237. The van der Waals surface area contributed by atoms with E-state index in [0.717, 1.165) is 0 Å². The van der Waals surface area contributed by atoms with Gasteiger partial charge in [0.1, 0.15) is 5.60 Å². The molecule has 3 fully saturated rings. The van der Waals surface area contributed by atoms with E-state index in [2.05, 4.69) is 27.7 Å². The van der Waals surface area contributed by atoms with Crippen molar-refractivity contribution in [3.63, 3.8) is 0 Å². The van der Waals surface area contributed by atoms with Gasteiger partial charge in [0.25, 0.3) is 0 Å². The predicted octanol–water partition coefficient (Wildman–Crippen LogP) is 3.48. The van der Waals surface area contributed by atoms with E-state index in [4.69, 9.17) is 14.0 Å². The van der Waals surface area contributed by atoms with Crippen molar-refractivity contribution in [3.8, 4) is 0 Å². The Labute approximate surface area is 140 Å². The average molecular weight is 323 g/mol. The summed E-state index contributed by atoms with van der Waals surface area (Å²) >= 11 is 0. The Kier molecular flexibility index (Phi) is 3.63. The molecule has 2 saturated heterocycles. The molecule has 0 spiro atoms. The lowest BCUT2D eigenvalue weighted by molar-refractivity contribution is -0.00709. The number of carbonyl (C=O) groups is 1. The minimum absolute atomic E-state index is 0.0675. The molecule has 1 amide bonds. The Balaban J connectivity index is 1.70. The Morgan fingerprint density at radius 2 is 1.57 bits per heavy atom. The van der Waals surface area contributed by atoms with Crippen LogP contribution in [0.4, 0.5) is 4.79 Å². The van der Waals surface area contributed by atoms with E-state index in [1.165, 1.54) is 12.8 Å². The first kappa shape index (κ1) is 17.1. The molecule has 0 N–H and O–H groups in total. The van der Waals surface area contributed by atoms with Gasteiger partial charge in [-0.2, -0.15) is 0 Å². The lowest BCUT2D eigenvalue weighted by Gasteiger charge is -2.51. The van der Waals surface area contributed by atoms with Crippen molar-refractivity contribution in [1.29, 1.82) is 0 Å². The maximum atomic E-state index is 12.3. The van der Waals surface area contributed by atoms with Gasteiger partial charge in [-0.15, -0.1) is 0 Å². The van der Waals surface area contributed by atoms with Crippen molar-refractivity contribution in [1.82, 2.24) is 4.90 Å². The van der Waals surface area contributed by atoms with Crippen LogP contribution in [0.25, 0.3) is 0 Å². The molecule has 3 aliphatic rings. The molecule has 0 aromatic heterocycles. The molecule has 1 saturated carbocycles. The maximum absolute atomic E-state index is 12.3. The van der Waals surface area contributed by atoms with Gasteiger partial charge in [0.2, 0.25) is 0 Å². The van der Waals surface area contributed by atoms with Gasteiger partial charge in [0, 0.05) is 18.4 Å². The fourth-order valence-corrected chi connectivity index (χ4v) is 3.46. The fraction of sp³-hybridized carbons (Fsp3) is 0.941. The Morgan fingerprint density at radius 1 is 1.09 bits per heavy atom. The first-order chi connectivity index (χ1) is 10.4. The SMILES string of the molecule is CC(C)(C)OC(=O)N1CC(B2OC(C)(C)C(C)(C)O2)(C2CC2)C1. The summed E-state index contributed by atoms with van der Waals surface area (Å²) in [6.07, 6.45) is 2.17. The first-order valence-corrected chi connectivity index (χ1v) is 8.70. The van der Waals surface area contributed by atoms with Gasteiger partial charge in [-0.05, 0) is 67.2 Å². The topological polar surface area (TPSA) is 48.0 Å². The summed E-state index contributed by atoms with van der Waals surface area (Å²) in [5.41, 5.74) is -1.11. The zero-order chi connectivity index (χ0) is 17.3. The molecule has 130 valence electrons. The second kappa shape index (κ2) is 4.88. The first-order valence-electron chi connectivity index (χ1n) is 8.70. The molecule has 0 aromatic carbocycles. The summed E-state index contributed by atoms with van der Waals surface area (Å²) in [4.78, 5) is 14.0. The number of carbonyl (C=O) groups excluding carboxylic acids is 1. The van der Waals surface area contributed by atoms with Crippen molar-refractivity contribution < 1.29 is 18.8 Å². The van der Waals surface area contributed by atoms with Gasteiger partial charge < -0.3 is 18.9 Å². The van der Waals surface area contributed by atoms with Gasteiger partial charge in [0.05, 0.1) is 11.2 Å². The molecular formula is C17H30BNO4. The summed E-state index contributed by atoms with van der Waals surface area (Å²) in [6.45, 7) is 15.4. The minimum atomic E-state index is -0.459. The normalized spacial score (nSPS) is 28.5. The van der Waals surface area contributed by atoms with Gasteiger partial charge in [-0.3, -0.25) is 0 Å². The van der Waals surface area contributed by atoms with Crippen molar-refractivity contribution in [3.05, 3.63) is 0 Å². The van der Waals surface area contributed by atoms with Crippen molar-refractivity contribution in [2.24, 2.45) is 5.92 Å². The van der Waals surface area contributed by atoms with Crippen molar-refractivity contribution >= 4 is 13.2 Å². The standard InChI is InChI=1S/C17H30BNO4/c1-14(2,3)21-13(20)19-10-17(11-19,12-8-9-12)18-22-15(4,5)16(6,7)23-18/h12H,8-11H2,1-7H3. The molecule has 1 aliphatic carbocycles. The monoisotopic (exact) mass is 323 g/mol. The molecule has 0 atom stereocenters. The second-order valence-electron chi connectivity index (χ2n) is 9.43. The van der Waals surface area contributed by atoms with Gasteiger partial charge >= 0.3 is 13.2 Å². The largest absolute Gasteiger partial charge is 0.468 e. The van der Waals surface area contributed by atoms with Crippen LogP contribution < -0.4 is 0 Å². The molecular weight excluding hydrogens is 293 g/mol. The van der Waals surface area contributed by atoms with E-state index >= 15 is 0 Å². The van der Waals surface area contributed by atoms with Crippen LogP contribution in [-0.4, -0.2) is 48.0 Å². The smallest absolute Gasteiger partial charge is 0.444 e. The highest BCUT2D eigenvalue weighted by atomic mass is 16.7. The molecule has 2 heterocycles. The average Bonchev–Trinajstić information content (AvgIpc) is 3.04. The van der Waals surface area contributed by atoms with Gasteiger partial charge in [-0.25, -0.2) is 4.79 Å². The number of hydrogen-bond acceptors (Lipinski definition) is 4. The Bertz CT molecular complexity index is 485. The molecule has 23 heavy (non-hydrogen) atoms. The third kappa shape index (κ3) is 2.89. The zero-order valence-electron chi connectivity index (χ0n) is 15.6. The highest BCUT2D eigenvalue weighted by molar-refractivity contribution is 6.50. The highest BCUT2D eigenvalue weighted by Crippen LogP contribution is 2.61. The predicted molar refractivity (Wildman–Crippen MR) is 89.3 cm³/mol. The summed E-state index contributed by atoms with van der Waals surface area (Å²) in [6, 6.07) is 0. The molecule has 0 aromatic rings. The molecule has 0 radical (unpaired) electrons. The molecule has 3 rings (SSSR count). The number of rotatable bonds is 2. The lowest BCUT2D eigenvalue weighted by Crippen LogP contribution is -2.62. The number of nitrogens with zero attached hydrogens (tertiary/aromatic N) is 1. The van der Waals surface area contributed by atoms with Gasteiger partial charge in [0.15, 0.2) is 0 Å². The van der Waals surface area contributed by atoms with Crippen LogP contribution in [0, 0.1) is 5.92 Å². The summed E-state index contributed by atoms with van der Waals surface area (Å²) < 4.78 is 18.1. The van der Waals surface area contributed by atoms with Crippen LogP contribution in [0.15, 0.2) is 0 Å². The van der Waals surface area contributed by atoms with Crippen LogP contribution in [0.1, 0.15) is 61.3 Å². The molecule has 0 bridgehead atoms. The maximum Gasteiger partial charge on any atom is 0.468 e. The highest BCUT2D eigenvalue weighted by Gasteiger charge is 2.68. The number of amides is 1. The zero-order valence-corrected chi connectivity index (χ0v) is 15.6. The molecule has 0 unspecified atom stereocenters. The van der Waals surface area contributed by atoms with Crippen molar-refractivity contribution in [2.75, 3.05) is 13.1 Å². The van der Waals surface area contributed by atoms with E-state index < -0.39 is 5.60 Å². The minimum Gasteiger partial charge on any atom is -0.444 e. The van der Waals surface area contributed by atoms with Crippen LogP contribution in [0.2, 0.25) is 5.31 Å². The van der Waals surface area contributed by atoms with Crippen LogP contribution in [0.5, 0.6) is 0 Å². The quantitative estimate of drug-likeness (QED) is 0.730. The third-order valence-electron chi connectivity index (χ3n) is 5.74. The number of likely N-dealkylation sites (tertiary alicyclic amines) is 1. The van der Waals surface area contributed by atoms with Gasteiger partial charge in [-0.1, -0.05) is 0 Å². The van der Waals surface area contributed by atoms with Crippen LogP contribution >= 0.6 is 0 Å². The number of hydrogen-bond donors (Lipinski definition) is 0. The molecule has 2 aliphatic heterocycles. The summed E-state index contributed by atoms with van der Waals surface area (Å²) in [5, 5.41) is -0.0675. The fourth-order valence-electron chi connectivity index (χ4n) is 3.46. The van der Waals surface area contributed by atoms with E-state index in [1.54, 1.807) is 4.90 Å². The van der Waals surface area contributed by atoms with E-state index in [9.17, 15) is 4.79 Å². The molecule has 6 heteroatoms. The Hall–Kier alpha value is -0.745. The lowest BCUT2D eigenvalue weighted by atomic mass is 9.50. The second-order valence-corrected chi connectivity index (χ2v) is 9.43. The van der Waals surface area contributed by atoms with Crippen LogP contribution in [0.3, 0.4) is 0 Å².